The van der Waals surface area contributed by atoms with E-state index in [1.165, 1.54) is 77.0 Å². The van der Waals surface area contributed by atoms with Crippen molar-refractivity contribution in [3.63, 3.8) is 0 Å². The maximum absolute atomic E-state index is 6.37. The van der Waals surface area contributed by atoms with Crippen LogP contribution in [-0.4, -0.2) is 24.4 Å². The van der Waals surface area contributed by atoms with Crippen LogP contribution in [0.1, 0.15) is 90.9 Å². The number of hydrogen-bond donors (Lipinski definition) is 0. The van der Waals surface area contributed by atoms with Crippen LogP contribution in [0.3, 0.4) is 0 Å². The molecule has 0 aromatic heterocycles. The summed E-state index contributed by atoms with van der Waals surface area (Å²) in [6.07, 6.45) is 18.4. The third-order valence-electron chi connectivity index (χ3n) is 10.1. The average molecular weight is 383 g/mol. The molecule has 6 rings (SSSR count). The molecule has 28 heavy (non-hydrogen) atoms. The van der Waals surface area contributed by atoms with Gasteiger partial charge in [0.15, 0.2) is 0 Å². The molecule has 4 unspecified atom stereocenters. The molecule has 2 heteroatoms. The van der Waals surface area contributed by atoms with E-state index >= 15 is 0 Å². The average Bonchev–Trinajstić information content (AvgIpc) is 3.40. The fraction of sp³-hybridized carbons (Fsp3) is 0.846. The van der Waals surface area contributed by atoms with E-state index in [1.54, 1.807) is 16.7 Å². The van der Waals surface area contributed by atoms with Crippen LogP contribution in [0.15, 0.2) is 22.8 Å². The minimum Gasteiger partial charge on any atom is -0.375 e. The van der Waals surface area contributed by atoms with Crippen molar-refractivity contribution in [3.8, 4) is 0 Å². The van der Waals surface area contributed by atoms with Crippen LogP contribution in [0.2, 0.25) is 0 Å². The van der Waals surface area contributed by atoms with Gasteiger partial charge in [0.2, 0.25) is 0 Å². The molecule has 0 N–H and O–H groups in total. The summed E-state index contributed by atoms with van der Waals surface area (Å²) in [4.78, 5) is 0. The van der Waals surface area contributed by atoms with Gasteiger partial charge >= 0.3 is 0 Å². The molecule has 2 nitrogen and oxygen atoms in total. The highest BCUT2D eigenvalue weighted by atomic mass is 16.5. The number of allylic oxidation sites excluding steroid dienone is 3. The maximum atomic E-state index is 6.37. The summed E-state index contributed by atoms with van der Waals surface area (Å²) in [5, 5.41) is 0. The van der Waals surface area contributed by atoms with Gasteiger partial charge in [-0.3, -0.25) is 0 Å². The van der Waals surface area contributed by atoms with E-state index in [9.17, 15) is 0 Å². The molecule has 0 aromatic carbocycles. The summed E-state index contributed by atoms with van der Waals surface area (Å²) in [6, 6.07) is 0. The number of fused-ring (bicyclic) bond motifs is 4. The summed E-state index contributed by atoms with van der Waals surface area (Å²) in [5.41, 5.74) is 6.17. The monoisotopic (exact) mass is 382 g/mol. The van der Waals surface area contributed by atoms with Crippen LogP contribution < -0.4 is 0 Å². The molecule has 0 aromatic rings. The van der Waals surface area contributed by atoms with Crippen LogP contribution >= 0.6 is 0 Å². The van der Waals surface area contributed by atoms with Gasteiger partial charge in [-0.2, -0.15) is 0 Å². The second-order valence-corrected chi connectivity index (χ2v) is 11.4. The van der Waals surface area contributed by atoms with E-state index in [4.69, 9.17) is 9.47 Å². The van der Waals surface area contributed by atoms with Crippen molar-refractivity contribution in [1.82, 2.24) is 0 Å². The van der Waals surface area contributed by atoms with Crippen molar-refractivity contribution >= 4 is 0 Å². The van der Waals surface area contributed by atoms with Crippen LogP contribution in [0.4, 0.5) is 0 Å². The van der Waals surface area contributed by atoms with Gasteiger partial charge in [0.25, 0.3) is 0 Å². The Labute approximate surface area is 171 Å². The van der Waals surface area contributed by atoms with Crippen LogP contribution in [-0.2, 0) is 9.47 Å². The molecule has 0 amide bonds. The Balaban J connectivity index is 1.31. The quantitative estimate of drug-likeness (QED) is 0.525. The van der Waals surface area contributed by atoms with Crippen LogP contribution in [0.25, 0.3) is 0 Å². The van der Waals surface area contributed by atoms with Gasteiger partial charge in [-0.25, -0.2) is 0 Å². The van der Waals surface area contributed by atoms with Gasteiger partial charge < -0.3 is 9.47 Å². The molecule has 6 aliphatic rings. The van der Waals surface area contributed by atoms with E-state index in [1.807, 2.05) is 0 Å². The molecule has 2 saturated heterocycles. The topological polar surface area (TPSA) is 18.5 Å². The molecule has 2 heterocycles. The minimum atomic E-state index is 0.144. The summed E-state index contributed by atoms with van der Waals surface area (Å²) in [7, 11) is 0. The van der Waals surface area contributed by atoms with E-state index in [0.29, 0.717) is 5.41 Å². The predicted octanol–water partition coefficient (Wildman–Crippen LogP) is 6.36. The van der Waals surface area contributed by atoms with Crippen molar-refractivity contribution in [2.75, 3.05) is 13.2 Å². The first-order chi connectivity index (χ1) is 13.5. The SMILES string of the molecule is CC1([C@H]2CCC3C4CCC5=C(CCC6(CCCO6)C5)C4=CC[C@@]32C)CCCO1. The fourth-order valence-electron chi connectivity index (χ4n) is 8.82. The Kier molecular flexibility index (Phi) is 4.03. The van der Waals surface area contributed by atoms with Crippen molar-refractivity contribution in [2.24, 2.45) is 23.2 Å². The molecular weight excluding hydrogens is 344 g/mol. The zero-order valence-corrected chi connectivity index (χ0v) is 18.0. The van der Waals surface area contributed by atoms with Crippen molar-refractivity contribution < 1.29 is 9.47 Å². The van der Waals surface area contributed by atoms with E-state index < -0.39 is 0 Å². The number of rotatable bonds is 1. The molecule has 1 spiro atoms. The zero-order chi connectivity index (χ0) is 19.0. The number of hydrogen-bond acceptors (Lipinski definition) is 2. The fourth-order valence-corrected chi connectivity index (χ4v) is 8.82. The predicted molar refractivity (Wildman–Crippen MR) is 112 cm³/mol. The van der Waals surface area contributed by atoms with E-state index in [0.717, 1.165) is 31.0 Å². The Morgan fingerprint density at radius 2 is 1.79 bits per heavy atom. The molecule has 4 aliphatic carbocycles. The Bertz CT molecular complexity index is 719. The lowest BCUT2D eigenvalue weighted by atomic mass is 9.55. The molecule has 2 aliphatic heterocycles. The van der Waals surface area contributed by atoms with Gasteiger partial charge in [-0.05, 0) is 118 Å². The van der Waals surface area contributed by atoms with Crippen LogP contribution in [0, 0.1) is 23.2 Å². The standard InChI is InChI=1S/C26H38O2/c1-24-13-9-20-19-10-14-26(12-4-16-28-26)17-18(19)5-6-21(20)22(24)7-8-23(24)25(2)11-3-15-27-25/h9,21-23H,3-8,10-17H2,1-2H3/t21?,22?,23-,24-,25?,26?/m0/s1. The molecule has 0 bridgehead atoms. The minimum absolute atomic E-state index is 0.144. The lowest BCUT2D eigenvalue weighted by Crippen LogP contribution is -2.47. The van der Waals surface area contributed by atoms with Gasteiger partial charge in [-0.15, -0.1) is 0 Å². The zero-order valence-electron chi connectivity index (χ0n) is 18.0. The van der Waals surface area contributed by atoms with Crippen molar-refractivity contribution in [3.05, 3.63) is 22.8 Å². The highest BCUT2D eigenvalue weighted by Gasteiger charge is 2.58. The third kappa shape index (κ3) is 2.46. The lowest BCUT2D eigenvalue weighted by Gasteiger charge is -2.51. The van der Waals surface area contributed by atoms with Crippen molar-refractivity contribution in [2.45, 2.75) is 102 Å². The molecule has 1 saturated carbocycles. The molecule has 154 valence electrons. The van der Waals surface area contributed by atoms with E-state index in [2.05, 4.69) is 19.9 Å². The number of ether oxygens (including phenoxy) is 2. The molecular formula is C26H38O2. The Morgan fingerprint density at radius 1 is 0.929 bits per heavy atom. The normalized spacial score (nSPS) is 50.5. The van der Waals surface area contributed by atoms with Crippen LogP contribution in [0.5, 0.6) is 0 Å². The molecule has 0 radical (unpaired) electrons. The van der Waals surface area contributed by atoms with Gasteiger partial charge in [0.05, 0.1) is 11.2 Å². The Morgan fingerprint density at radius 3 is 2.57 bits per heavy atom. The van der Waals surface area contributed by atoms with Gasteiger partial charge in [-0.1, -0.05) is 18.6 Å². The third-order valence-corrected chi connectivity index (χ3v) is 10.1. The first-order valence-corrected chi connectivity index (χ1v) is 12.2. The smallest absolute Gasteiger partial charge is 0.0723 e. The highest BCUT2D eigenvalue weighted by molar-refractivity contribution is 5.45. The largest absolute Gasteiger partial charge is 0.375 e. The second kappa shape index (κ2) is 6.20. The molecule has 3 fully saturated rings. The summed E-state index contributed by atoms with van der Waals surface area (Å²) >= 11 is 0. The first kappa shape index (κ1) is 18.2. The van der Waals surface area contributed by atoms with Gasteiger partial charge in [0, 0.05) is 13.2 Å². The molecule has 6 atom stereocenters. The first-order valence-electron chi connectivity index (χ1n) is 12.2. The second-order valence-electron chi connectivity index (χ2n) is 11.4. The van der Waals surface area contributed by atoms with E-state index in [-0.39, 0.29) is 11.2 Å². The van der Waals surface area contributed by atoms with Crippen molar-refractivity contribution in [1.29, 1.82) is 0 Å². The highest BCUT2D eigenvalue weighted by Crippen LogP contribution is 2.64. The lowest BCUT2D eigenvalue weighted by molar-refractivity contribution is -0.0772. The van der Waals surface area contributed by atoms with Gasteiger partial charge in [0.1, 0.15) is 0 Å². The summed E-state index contributed by atoms with van der Waals surface area (Å²) in [5.74, 6) is 2.46. The summed E-state index contributed by atoms with van der Waals surface area (Å²) < 4.78 is 12.6. The Hall–Kier alpha value is -0.600. The maximum Gasteiger partial charge on any atom is 0.0723 e. The summed E-state index contributed by atoms with van der Waals surface area (Å²) in [6.45, 7) is 7.04.